The van der Waals surface area contributed by atoms with Gasteiger partial charge in [0.05, 0.1) is 11.5 Å². The number of aryl methyl sites for hydroxylation is 1. The van der Waals surface area contributed by atoms with E-state index in [1.165, 1.54) is 5.56 Å². The molecule has 0 radical (unpaired) electrons. The minimum absolute atomic E-state index is 0.0914. The normalized spacial score (nSPS) is 9.94. The Morgan fingerprint density at radius 1 is 1.35 bits per heavy atom. The monoisotopic (exact) mass is 250 g/mol. The molecule has 1 rings (SSSR count). The molecule has 2 N–H and O–H groups in total. The van der Waals surface area contributed by atoms with Gasteiger partial charge >= 0.3 is 0 Å². The molecule has 0 saturated heterocycles. The summed E-state index contributed by atoms with van der Waals surface area (Å²) in [5, 5.41) is 0. The van der Waals surface area contributed by atoms with E-state index < -0.39 is 0 Å². The number of rotatable bonds is 6. The largest absolute Gasteiger partial charge is 0.392 e. The van der Waals surface area contributed by atoms with Gasteiger partial charge in [-0.1, -0.05) is 42.5 Å². The van der Waals surface area contributed by atoms with Crippen LogP contribution in [0.3, 0.4) is 0 Å². The Balaban J connectivity index is 2.27. The van der Waals surface area contributed by atoms with E-state index in [-0.39, 0.29) is 5.91 Å². The van der Waals surface area contributed by atoms with Crippen molar-refractivity contribution >= 4 is 23.1 Å². The van der Waals surface area contributed by atoms with Crippen LogP contribution in [0.4, 0.5) is 0 Å². The SMILES string of the molecule is CN(CC(N)=S)C(=O)CCCc1ccccc1. The van der Waals surface area contributed by atoms with Gasteiger partial charge in [-0.3, -0.25) is 4.79 Å². The highest BCUT2D eigenvalue weighted by Crippen LogP contribution is 2.05. The van der Waals surface area contributed by atoms with Crippen LogP contribution in [-0.4, -0.2) is 29.4 Å². The van der Waals surface area contributed by atoms with Gasteiger partial charge in [-0.15, -0.1) is 0 Å². The molecule has 0 unspecified atom stereocenters. The van der Waals surface area contributed by atoms with Gasteiger partial charge in [-0.2, -0.15) is 0 Å². The quantitative estimate of drug-likeness (QED) is 0.782. The maximum Gasteiger partial charge on any atom is 0.222 e. The Morgan fingerprint density at radius 2 is 2.00 bits per heavy atom. The fourth-order valence-electron chi connectivity index (χ4n) is 1.60. The van der Waals surface area contributed by atoms with E-state index in [9.17, 15) is 4.79 Å². The fourth-order valence-corrected chi connectivity index (χ4v) is 1.79. The molecule has 0 aliphatic heterocycles. The van der Waals surface area contributed by atoms with E-state index in [4.69, 9.17) is 18.0 Å². The molecular weight excluding hydrogens is 232 g/mol. The Labute approximate surface area is 108 Å². The summed E-state index contributed by atoms with van der Waals surface area (Å²) >= 11 is 4.76. The molecule has 0 aromatic heterocycles. The summed E-state index contributed by atoms with van der Waals surface area (Å²) in [6, 6.07) is 10.2. The average molecular weight is 250 g/mol. The Morgan fingerprint density at radius 3 is 2.59 bits per heavy atom. The molecule has 1 aromatic rings. The van der Waals surface area contributed by atoms with E-state index in [2.05, 4.69) is 12.1 Å². The number of hydrogen-bond donors (Lipinski definition) is 1. The van der Waals surface area contributed by atoms with Crippen molar-refractivity contribution < 1.29 is 4.79 Å². The fraction of sp³-hybridized carbons (Fsp3) is 0.385. The number of amides is 1. The van der Waals surface area contributed by atoms with Crippen molar-refractivity contribution in [2.75, 3.05) is 13.6 Å². The predicted octanol–water partition coefficient (Wildman–Crippen LogP) is 1.75. The molecule has 3 nitrogen and oxygen atoms in total. The third-order valence-corrected chi connectivity index (χ3v) is 2.65. The summed E-state index contributed by atoms with van der Waals surface area (Å²) in [4.78, 5) is 13.6. The number of likely N-dealkylation sites (N-methyl/N-ethyl adjacent to an activating group) is 1. The van der Waals surface area contributed by atoms with Crippen LogP contribution >= 0.6 is 12.2 Å². The van der Waals surface area contributed by atoms with Crippen molar-refractivity contribution in [3.63, 3.8) is 0 Å². The third kappa shape index (κ3) is 5.45. The van der Waals surface area contributed by atoms with Crippen LogP contribution in [-0.2, 0) is 11.2 Å². The highest BCUT2D eigenvalue weighted by Gasteiger charge is 2.08. The molecule has 4 heteroatoms. The van der Waals surface area contributed by atoms with E-state index in [0.29, 0.717) is 18.0 Å². The zero-order chi connectivity index (χ0) is 12.7. The second-order valence-corrected chi connectivity index (χ2v) is 4.58. The number of nitrogens with two attached hydrogens (primary N) is 1. The summed E-state index contributed by atoms with van der Waals surface area (Å²) < 4.78 is 0. The molecule has 92 valence electrons. The molecule has 0 bridgehead atoms. The molecule has 0 atom stereocenters. The molecule has 0 saturated carbocycles. The molecule has 0 spiro atoms. The minimum atomic E-state index is 0.0914. The van der Waals surface area contributed by atoms with Crippen LogP contribution in [0, 0.1) is 0 Å². The van der Waals surface area contributed by atoms with Gasteiger partial charge in [-0.25, -0.2) is 0 Å². The van der Waals surface area contributed by atoms with Crippen LogP contribution in [0.1, 0.15) is 18.4 Å². The Bertz CT molecular complexity index is 378. The minimum Gasteiger partial charge on any atom is -0.392 e. The highest BCUT2D eigenvalue weighted by atomic mass is 32.1. The molecule has 0 fully saturated rings. The van der Waals surface area contributed by atoms with Gasteiger partial charge in [0.15, 0.2) is 0 Å². The van der Waals surface area contributed by atoms with Gasteiger partial charge in [0.25, 0.3) is 0 Å². The molecular formula is C13H18N2OS. The molecule has 17 heavy (non-hydrogen) atoms. The summed E-state index contributed by atoms with van der Waals surface area (Å²) in [6.45, 7) is 0.361. The number of nitrogens with zero attached hydrogens (tertiary/aromatic N) is 1. The van der Waals surface area contributed by atoms with Crippen molar-refractivity contribution in [1.82, 2.24) is 4.90 Å². The van der Waals surface area contributed by atoms with Crippen molar-refractivity contribution in [3.8, 4) is 0 Å². The first-order valence-corrected chi connectivity index (χ1v) is 6.06. The van der Waals surface area contributed by atoms with Crippen molar-refractivity contribution in [3.05, 3.63) is 35.9 Å². The third-order valence-electron chi connectivity index (χ3n) is 2.52. The molecule has 0 aliphatic carbocycles. The average Bonchev–Trinajstić information content (AvgIpc) is 2.29. The molecule has 0 aliphatic rings. The van der Waals surface area contributed by atoms with E-state index in [0.717, 1.165) is 12.8 Å². The molecule has 0 heterocycles. The summed E-state index contributed by atoms with van der Waals surface area (Å²) in [5.41, 5.74) is 6.65. The lowest BCUT2D eigenvalue weighted by molar-refractivity contribution is -0.129. The Kier molecular flexibility index (Phi) is 5.63. The van der Waals surface area contributed by atoms with E-state index in [1.807, 2.05) is 18.2 Å². The lowest BCUT2D eigenvalue weighted by atomic mass is 10.1. The lowest BCUT2D eigenvalue weighted by Crippen LogP contribution is -2.34. The number of hydrogen-bond acceptors (Lipinski definition) is 2. The van der Waals surface area contributed by atoms with Gasteiger partial charge in [-0.05, 0) is 18.4 Å². The van der Waals surface area contributed by atoms with Gasteiger partial charge < -0.3 is 10.6 Å². The van der Waals surface area contributed by atoms with Crippen LogP contribution in [0.2, 0.25) is 0 Å². The number of thiocarbonyl (C=S) groups is 1. The standard InChI is InChI=1S/C13H18N2OS/c1-15(10-12(14)17)13(16)9-5-8-11-6-3-2-4-7-11/h2-4,6-7H,5,8-10H2,1H3,(H2,14,17). The van der Waals surface area contributed by atoms with Crippen molar-refractivity contribution in [1.29, 1.82) is 0 Å². The van der Waals surface area contributed by atoms with Gasteiger partial charge in [0.1, 0.15) is 0 Å². The number of carbonyl (C=O) groups is 1. The molecule has 1 aromatic carbocycles. The van der Waals surface area contributed by atoms with Crippen LogP contribution in [0.15, 0.2) is 30.3 Å². The molecule has 1 amide bonds. The maximum absolute atomic E-state index is 11.7. The summed E-state index contributed by atoms with van der Waals surface area (Å²) in [5.74, 6) is 0.0914. The van der Waals surface area contributed by atoms with Crippen LogP contribution < -0.4 is 5.73 Å². The topological polar surface area (TPSA) is 46.3 Å². The first kappa shape index (κ1) is 13.6. The van der Waals surface area contributed by atoms with E-state index >= 15 is 0 Å². The van der Waals surface area contributed by atoms with Gasteiger partial charge in [0.2, 0.25) is 5.91 Å². The highest BCUT2D eigenvalue weighted by molar-refractivity contribution is 7.80. The maximum atomic E-state index is 11.7. The van der Waals surface area contributed by atoms with Crippen LogP contribution in [0.25, 0.3) is 0 Å². The first-order chi connectivity index (χ1) is 8.09. The van der Waals surface area contributed by atoms with Gasteiger partial charge in [0, 0.05) is 13.5 Å². The number of benzene rings is 1. The lowest BCUT2D eigenvalue weighted by Gasteiger charge is -2.15. The zero-order valence-corrected chi connectivity index (χ0v) is 10.9. The summed E-state index contributed by atoms with van der Waals surface area (Å²) in [6.07, 6.45) is 2.31. The zero-order valence-electron chi connectivity index (χ0n) is 10.1. The second-order valence-electron chi connectivity index (χ2n) is 4.06. The second kappa shape index (κ2) is 7.01. The van der Waals surface area contributed by atoms with Crippen molar-refractivity contribution in [2.24, 2.45) is 5.73 Å². The van der Waals surface area contributed by atoms with Crippen molar-refractivity contribution in [2.45, 2.75) is 19.3 Å². The Hall–Kier alpha value is -1.42. The predicted molar refractivity (Wildman–Crippen MR) is 73.8 cm³/mol. The number of carbonyl (C=O) groups excluding carboxylic acids is 1. The summed E-state index contributed by atoms with van der Waals surface area (Å²) in [7, 11) is 1.73. The first-order valence-electron chi connectivity index (χ1n) is 5.66. The van der Waals surface area contributed by atoms with Crippen LogP contribution in [0.5, 0.6) is 0 Å². The smallest absolute Gasteiger partial charge is 0.222 e. The van der Waals surface area contributed by atoms with E-state index in [1.54, 1.807) is 11.9 Å².